The molecule has 1 heterocycles. The number of likely N-dealkylation sites (tertiary alicyclic amines) is 1. The van der Waals surface area contributed by atoms with Gasteiger partial charge >= 0.3 is 0 Å². The Labute approximate surface area is 182 Å². The lowest BCUT2D eigenvalue weighted by Gasteiger charge is -2.24. The van der Waals surface area contributed by atoms with Gasteiger partial charge in [-0.2, -0.15) is 0 Å². The minimum Gasteiger partial charge on any atom is -0.497 e. The minimum absolute atomic E-state index is 0.103. The van der Waals surface area contributed by atoms with Crippen molar-refractivity contribution < 1.29 is 22.7 Å². The first kappa shape index (κ1) is 22.6. The normalized spacial score (nSPS) is 16.1. The molecule has 9 heteroatoms. The van der Waals surface area contributed by atoms with Crippen LogP contribution < -0.4 is 14.8 Å². The van der Waals surface area contributed by atoms with E-state index in [2.05, 4.69) is 10.0 Å². The number of nitrogens with one attached hydrogen (secondary N) is 2. The monoisotopic (exact) mass is 445 g/mol. The third kappa shape index (κ3) is 5.35. The number of sulfonamides is 1. The van der Waals surface area contributed by atoms with Crippen molar-refractivity contribution in [2.75, 3.05) is 24.9 Å². The summed E-state index contributed by atoms with van der Waals surface area (Å²) in [5, 5.41) is 2.85. The summed E-state index contributed by atoms with van der Waals surface area (Å²) in [5.41, 5.74) is 0.744. The van der Waals surface area contributed by atoms with Gasteiger partial charge in [0, 0.05) is 24.3 Å². The van der Waals surface area contributed by atoms with Crippen LogP contribution in [0.1, 0.15) is 36.5 Å². The predicted molar refractivity (Wildman–Crippen MR) is 118 cm³/mol. The Bertz CT molecular complexity index is 1020. The zero-order valence-corrected chi connectivity index (χ0v) is 18.4. The van der Waals surface area contributed by atoms with E-state index in [0.717, 1.165) is 12.8 Å². The molecule has 166 valence electrons. The Morgan fingerprint density at radius 3 is 2.39 bits per heavy atom. The fourth-order valence-corrected chi connectivity index (χ4v) is 4.52. The largest absolute Gasteiger partial charge is 0.497 e. The van der Waals surface area contributed by atoms with Crippen LogP contribution in [0.15, 0.2) is 53.4 Å². The van der Waals surface area contributed by atoms with E-state index in [4.69, 9.17) is 4.74 Å². The molecule has 1 saturated heterocycles. The van der Waals surface area contributed by atoms with E-state index in [1.54, 1.807) is 29.2 Å². The van der Waals surface area contributed by atoms with Gasteiger partial charge in [-0.15, -0.1) is 0 Å². The molecule has 3 rings (SSSR count). The van der Waals surface area contributed by atoms with E-state index in [9.17, 15) is 18.0 Å². The number of carbonyl (C=O) groups excluding carboxylic acids is 2. The number of methoxy groups -OCH3 is 1. The van der Waals surface area contributed by atoms with Crippen LogP contribution in [0, 0.1) is 0 Å². The lowest BCUT2D eigenvalue weighted by atomic mass is 10.1. The summed E-state index contributed by atoms with van der Waals surface area (Å²) in [7, 11) is -2.26. The number of carbonyl (C=O) groups is 2. The van der Waals surface area contributed by atoms with Gasteiger partial charge in [0.25, 0.3) is 15.9 Å². The van der Waals surface area contributed by atoms with Crippen LogP contribution in [0.3, 0.4) is 0 Å². The first-order valence-electron chi connectivity index (χ1n) is 10.2. The number of anilines is 1. The van der Waals surface area contributed by atoms with Gasteiger partial charge in [0.1, 0.15) is 11.8 Å². The summed E-state index contributed by atoms with van der Waals surface area (Å²) >= 11 is 0. The van der Waals surface area contributed by atoms with Gasteiger partial charge in [-0.05, 0) is 67.8 Å². The number of rotatable bonds is 8. The van der Waals surface area contributed by atoms with Crippen LogP contribution >= 0.6 is 0 Å². The van der Waals surface area contributed by atoms with E-state index in [1.807, 2.05) is 6.92 Å². The van der Waals surface area contributed by atoms with E-state index >= 15 is 0 Å². The molecule has 2 aromatic rings. The van der Waals surface area contributed by atoms with Gasteiger partial charge in [0.05, 0.1) is 12.0 Å². The van der Waals surface area contributed by atoms with Crippen molar-refractivity contribution in [3.05, 3.63) is 54.1 Å². The topological polar surface area (TPSA) is 105 Å². The highest BCUT2D eigenvalue weighted by atomic mass is 32.2. The van der Waals surface area contributed by atoms with E-state index in [1.165, 1.54) is 31.4 Å². The molecule has 1 aliphatic rings. The Morgan fingerprint density at radius 1 is 1.10 bits per heavy atom. The number of hydrogen-bond acceptors (Lipinski definition) is 5. The quantitative estimate of drug-likeness (QED) is 0.650. The van der Waals surface area contributed by atoms with Crippen molar-refractivity contribution in [1.82, 2.24) is 10.2 Å². The van der Waals surface area contributed by atoms with Crippen molar-refractivity contribution in [1.29, 1.82) is 0 Å². The maximum atomic E-state index is 12.9. The molecule has 8 nitrogen and oxygen atoms in total. The Morgan fingerprint density at radius 2 is 1.77 bits per heavy atom. The van der Waals surface area contributed by atoms with Gasteiger partial charge in [-0.25, -0.2) is 8.42 Å². The molecule has 2 amide bonds. The smallest absolute Gasteiger partial charge is 0.261 e. The molecular weight excluding hydrogens is 418 g/mol. The second-order valence-corrected chi connectivity index (χ2v) is 8.99. The van der Waals surface area contributed by atoms with Gasteiger partial charge in [-0.1, -0.05) is 6.92 Å². The zero-order chi connectivity index (χ0) is 22.4. The van der Waals surface area contributed by atoms with Crippen LogP contribution in [-0.4, -0.2) is 51.4 Å². The predicted octanol–water partition coefficient (Wildman–Crippen LogP) is 2.63. The maximum absolute atomic E-state index is 12.9. The van der Waals surface area contributed by atoms with Crippen LogP contribution in [0.5, 0.6) is 5.75 Å². The highest BCUT2D eigenvalue weighted by Gasteiger charge is 2.34. The van der Waals surface area contributed by atoms with Crippen molar-refractivity contribution >= 4 is 27.5 Å². The van der Waals surface area contributed by atoms with Gasteiger partial charge < -0.3 is 15.0 Å². The molecule has 1 fully saturated rings. The second kappa shape index (κ2) is 9.82. The van der Waals surface area contributed by atoms with Gasteiger partial charge in [0.2, 0.25) is 5.91 Å². The number of amides is 2. The van der Waals surface area contributed by atoms with E-state index in [0.29, 0.717) is 36.5 Å². The maximum Gasteiger partial charge on any atom is 0.261 e. The number of benzene rings is 2. The molecule has 0 spiro atoms. The summed E-state index contributed by atoms with van der Waals surface area (Å²) in [4.78, 5) is 26.9. The van der Waals surface area contributed by atoms with Crippen molar-refractivity contribution in [3.8, 4) is 5.75 Å². The molecule has 0 radical (unpaired) electrons. The third-order valence-corrected chi connectivity index (χ3v) is 6.52. The van der Waals surface area contributed by atoms with Crippen LogP contribution in [0.4, 0.5) is 5.69 Å². The van der Waals surface area contributed by atoms with E-state index < -0.39 is 16.1 Å². The molecule has 0 saturated carbocycles. The lowest BCUT2D eigenvalue weighted by molar-refractivity contribution is -0.124. The standard InChI is InChI=1S/C22H27N3O5S/c1-3-14-23-21(26)20-5-4-15-25(20)22(27)16-6-8-17(9-7-16)24-31(28,29)19-12-10-18(30-2)11-13-19/h6-13,20,24H,3-5,14-15H2,1-2H3,(H,23,26)/t20-/m1/s1. The van der Waals surface area contributed by atoms with Crippen molar-refractivity contribution in [2.45, 2.75) is 37.1 Å². The molecule has 0 aliphatic carbocycles. The summed E-state index contributed by atoms with van der Waals surface area (Å²) < 4.78 is 32.7. The average molecular weight is 446 g/mol. The highest BCUT2D eigenvalue weighted by molar-refractivity contribution is 7.92. The first-order chi connectivity index (χ1) is 14.9. The number of hydrogen-bond donors (Lipinski definition) is 2. The molecule has 0 bridgehead atoms. The molecule has 2 aromatic carbocycles. The molecule has 0 unspecified atom stereocenters. The minimum atomic E-state index is -3.77. The van der Waals surface area contributed by atoms with Crippen LogP contribution in [0.25, 0.3) is 0 Å². The Balaban J connectivity index is 1.69. The Hall–Kier alpha value is -3.07. The lowest BCUT2D eigenvalue weighted by Crippen LogP contribution is -2.46. The van der Waals surface area contributed by atoms with Gasteiger partial charge in [0.15, 0.2) is 0 Å². The summed E-state index contributed by atoms with van der Waals surface area (Å²) in [6.45, 7) is 3.08. The average Bonchev–Trinajstić information content (AvgIpc) is 3.27. The third-order valence-electron chi connectivity index (χ3n) is 5.12. The molecule has 2 N–H and O–H groups in total. The zero-order valence-electron chi connectivity index (χ0n) is 17.6. The van der Waals surface area contributed by atoms with Crippen LogP contribution in [0.2, 0.25) is 0 Å². The second-order valence-electron chi connectivity index (χ2n) is 7.31. The van der Waals surface area contributed by atoms with Crippen LogP contribution in [-0.2, 0) is 14.8 Å². The Kier molecular flexibility index (Phi) is 7.17. The molecule has 0 aromatic heterocycles. The fraction of sp³-hybridized carbons (Fsp3) is 0.364. The SMILES string of the molecule is CCCNC(=O)[C@H]1CCCN1C(=O)c1ccc(NS(=O)(=O)c2ccc(OC)cc2)cc1. The summed E-state index contributed by atoms with van der Waals surface area (Å²) in [6.07, 6.45) is 2.25. The number of nitrogens with zero attached hydrogens (tertiary/aromatic N) is 1. The fourth-order valence-electron chi connectivity index (χ4n) is 3.46. The molecule has 1 aliphatic heterocycles. The van der Waals surface area contributed by atoms with Crippen molar-refractivity contribution in [3.63, 3.8) is 0 Å². The summed E-state index contributed by atoms with van der Waals surface area (Å²) in [6, 6.07) is 11.8. The van der Waals surface area contributed by atoms with Crippen molar-refractivity contribution in [2.24, 2.45) is 0 Å². The van der Waals surface area contributed by atoms with Gasteiger partial charge in [-0.3, -0.25) is 14.3 Å². The first-order valence-corrected chi connectivity index (χ1v) is 11.7. The summed E-state index contributed by atoms with van der Waals surface area (Å²) in [5.74, 6) is 0.195. The molecular formula is C22H27N3O5S. The molecule has 1 atom stereocenters. The highest BCUT2D eigenvalue weighted by Crippen LogP contribution is 2.23. The number of ether oxygens (including phenoxy) is 1. The molecule has 31 heavy (non-hydrogen) atoms. The van der Waals surface area contributed by atoms with E-state index in [-0.39, 0.29) is 16.7 Å².